The third-order valence-electron chi connectivity index (χ3n) is 6.47. The van der Waals surface area contributed by atoms with Gasteiger partial charge in [0, 0.05) is 0 Å². The molecule has 0 aliphatic carbocycles. The fourth-order valence-electron chi connectivity index (χ4n) is 4.25. The Labute approximate surface area is 183 Å². The van der Waals surface area contributed by atoms with Gasteiger partial charge >= 0.3 is 0 Å². The minimum absolute atomic E-state index is 0.485. The highest BCUT2D eigenvalue weighted by molar-refractivity contribution is 4.93. The van der Waals surface area contributed by atoms with Crippen LogP contribution in [0.4, 0.5) is 0 Å². The molecule has 0 aromatic rings. The first-order valence-electron chi connectivity index (χ1n) is 13.1. The van der Waals surface area contributed by atoms with Gasteiger partial charge in [0.2, 0.25) is 0 Å². The highest BCUT2D eigenvalue weighted by Crippen LogP contribution is 2.27. The zero-order valence-corrected chi connectivity index (χ0v) is 20.5. The Balaban J connectivity index is 4.16. The van der Waals surface area contributed by atoms with E-state index in [1.807, 2.05) is 0 Å². The molecule has 3 unspecified atom stereocenters. The van der Waals surface area contributed by atoms with E-state index in [1.54, 1.807) is 0 Å². The second-order valence-corrected chi connectivity index (χ2v) is 9.45. The number of allylic oxidation sites excluding steroid dienone is 2. The smallest absolute Gasteiger partial charge is 0.0819 e. The van der Waals surface area contributed by atoms with Gasteiger partial charge in [-0.1, -0.05) is 130 Å². The summed E-state index contributed by atoms with van der Waals surface area (Å²) in [4.78, 5) is 4.13. The Bertz CT molecular complexity index is 339. The fraction of sp³-hybridized carbons (Fsp3) is 0.926. The summed E-state index contributed by atoms with van der Waals surface area (Å²) >= 11 is 0. The molecule has 0 spiro atoms. The SMILES string of the molecule is CCCCCCC(C)C(/C=C\C(C)CCCCCCCCOO)CCCCCC. The summed E-state index contributed by atoms with van der Waals surface area (Å²) in [5.41, 5.74) is 0. The molecular weight excluding hydrogens is 356 g/mol. The molecule has 0 radical (unpaired) electrons. The molecule has 0 rings (SSSR count). The van der Waals surface area contributed by atoms with E-state index in [4.69, 9.17) is 5.26 Å². The van der Waals surface area contributed by atoms with Crippen molar-refractivity contribution in [2.75, 3.05) is 6.61 Å². The van der Waals surface area contributed by atoms with Crippen molar-refractivity contribution in [1.82, 2.24) is 0 Å². The number of hydrogen-bond acceptors (Lipinski definition) is 2. The van der Waals surface area contributed by atoms with Crippen LogP contribution in [0.1, 0.15) is 137 Å². The third-order valence-corrected chi connectivity index (χ3v) is 6.47. The minimum atomic E-state index is 0.485. The molecule has 0 heterocycles. The van der Waals surface area contributed by atoms with Crippen LogP contribution in [-0.4, -0.2) is 11.9 Å². The van der Waals surface area contributed by atoms with E-state index in [1.165, 1.54) is 103 Å². The van der Waals surface area contributed by atoms with Gasteiger partial charge in [-0.05, 0) is 37.0 Å². The Morgan fingerprint density at radius 2 is 1.14 bits per heavy atom. The van der Waals surface area contributed by atoms with E-state index in [2.05, 4.69) is 44.7 Å². The molecule has 2 nitrogen and oxygen atoms in total. The lowest BCUT2D eigenvalue weighted by Gasteiger charge is -2.22. The number of hydrogen-bond donors (Lipinski definition) is 1. The molecule has 29 heavy (non-hydrogen) atoms. The van der Waals surface area contributed by atoms with Crippen LogP contribution in [-0.2, 0) is 4.89 Å². The summed E-state index contributed by atoms with van der Waals surface area (Å²) < 4.78 is 0. The maximum atomic E-state index is 8.32. The first-order valence-corrected chi connectivity index (χ1v) is 13.1. The molecule has 0 aromatic heterocycles. The maximum absolute atomic E-state index is 8.32. The van der Waals surface area contributed by atoms with Crippen molar-refractivity contribution in [2.45, 2.75) is 137 Å². The molecular formula is C27H54O2. The van der Waals surface area contributed by atoms with Crippen molar-refractivity contribution < 1.29 is 10.1 Å². The van der Waals surface area contributed by atoms with Gasteiger partial charge in [0.1, 0.15) is 0 Å². The van der Waals surface area contributed by atoms with Crippen LogP contribution in [0.25, 0.3) is 0 Å². The molecule has 174 valence electrons. The molecule has 2 heteroatoms. The van der Waals surface area contributed by atoms with E-state index >= 15 is 0 Å². The summed E-state index contributed by atoms with van der Waals surface area (Å²) in [6.45, 7) is 9.98. The quantitative estimate of drug-likeness (QED) is 0.0832. The molecule has 0 bridgehead atoms. The van der Waals surface area contributed by atoms with Crippen LogP contribution in [0.3, 0.4) is 0 Å². The molecule has 0 amide bonds. The molecule has 0 aliphatic heterocycles. The van der Waals surface area contributed by atoms with E-state index < -0.39 is 0 Å². The lowest BCUT2D eigenvalue weighted by Crippen LogP contribution is -2.10. The molecule has 0 aliphatic rings. The Hall–Kier alpha value is -0.340. The van der Waals surface area contributed by atoms with Gasteiger partial charge in [0.25, 0.3) is 0 Å². The van der Waals surface area contributed by atoms with Crippen LogP contribution in [0.2, 0.25) is 0 Å². The van der Waals surface area contributed by atoms with Gasteiger partial charge in [-0.25, -0.2) is 4.89 Å². The summed E-state index contributed by atoms with van der Waals surface area (Å²) in [6.07, 6.45) is 27.7. The van der Waals surface area contributed by atoms with Crippen molar-refractivity contribution in [3.63, 3.8) is 0 Å². The van der Waals surface area contributed by atoms with Crippen molar-refractivity contribution in [1.29, 1.82) is 0 Å². The second kappa shape index (κ2) is 22.3. The lowest BCUT2D eigenvalue weighted by atomic mass is 9.84. The molecule has 0 saturated heterocycles. The van der Waals surface area contributed by atoms with Crippen molar-refractivity contribution >= 4 is 0 Å². The van der Waals surface area contributed by atoms with Gasteiger partial charge in [-0.3, -0.25) is 5.26 Å². The van der Waals surface area contributed by atoms with Gasteiger partial charge in [0.05, 0.1) is 6.61 Å². The normalized spacial score (nSPS) is 15.1. The van der Waals surface area contributed by atoms with Crippen LogP contribution in [0, 0.1) is 17.8 Å². The summed E-state index contributed by atoms with van der Waals surface area (Å²) in [5.74, 6) is 2.33. The van der Waals surface area contributed by atoms with Crippen LogP contribution in [0.5, 0.6) is 0 Å². The zero-order valence-electron chi connectivity index (χ0n) is 20.5. The maximum Gasteiger partial charge on any atom is 0.0819 e. The van der Waals surface area contributed by atoms with Gasteiger partial charge in [-0.15, -0.1) is 0 Å². The molecule has 0 saturated carbocycles. The summed E-state index contributed by atoms with van der Waals surface area (Å²) in [7, 11) is 0. The first kappa shape index (κ1) is 28.7. The number of rotatable bonds is 22. The first-order chi connectivity index (χ1) is 14.2. The Morgan fingerprint density at radius 3 is 1.76 bits per heavy atom. The predicted molar refractivity (Wildman–Crippen MR) is 129 cm³/mol. The van der Waals surface area contributed by atoms with Crippen molar-refractivity contribution in [3.05, 3.63) is 12.2 Å². The molecule has 1 N–H and O–H groups in total. The second-order valence-electron chi connectivity index (χ2n) is 9.45. The topological polar surface area (TPSA) is 29.5 Å². The standard InChI is InChI=1S/C27H54O2/c1-5-7-9-16-20-26(4)27(21-17-10-8-6-2)23-22-25(3)19-15-13-11-12-14-18-24-29-28/h22-23,25-28H,5-21,24H2,1-4H3/b23-22-. The third kappa shape index (κ3) is 19.4. The van der Waals surface area contributed by atoms with E-state index in [9.17, 15) is 0 Å². The van der Waals surface area contributed by atoms with Crippen LogP contribution in [0.15, 0.2) is 12.2 Å². The molecule has 0 fully saturated rings. The van der Waals surface area contributed by atoms with Crippen LogP contribution < -0.4 is 0 Å². The average molecular weight is 411 g/mol. The largest absolute Gasteiger partial charge is 0.252 e. The zero-order chi connectivity index (χ0) is 21.6. The Morgan fingerprint density at radius 1 is 0.621 bits per heavy atom. The van der Waals surface area contributed by atoms with Gasteiger partial charge < -0.3 is 0 Å². The highest BCUT2D eigenvalue weighted by Gasteiger charge is 2.14. The monoisotopic (exact) mass is 410 g/mol. The number of unbranched alkanes of at least 4 members (excludes halogenated alkanes) is 11. The fourth-order valence-corrected chi connectivity index (χ4v) is 4.25. The molecule has 0 aromatic carbocycles. The van der Waals surface area contributed by atoms with Gasteiger partial charge in [-0.2, -0.15) is 0 Å². The lowest BCUT2D eigenvalue weighted by molar-refractivity contribution is -0.242. The van der Waals surface area contributed by atoms with Gasteiger partial charge in [0.15, 0.2) is 0 Å². The highest BCUT2D eigenvalue weighted by atomic mass is 17.1. The Kier molecular flexibility index (Phi) is 22.1. The summed E-state index contributed by atoms with van der Waals surface area (Å²) in [5, 5.41) is 8.32. The van der Waals surface area contributed by atoms with Crippen LogP contribution >= 0.6 is 0 Å². The minimum Gasteiger partial charge on any atom is -0.252 e. The molecule has 3 atom stereocenters. The van der Waals surface area contributed by atoms with Crippen molar-refractivity contribution in [3.8, 4) is 0 Å². The van der Waals surface area contributed by atoms with E-state index in [-0.39, 0.29) is 0 Å². The average Bonchev–Trinajstić information content (AvgIpc) is 2.72. The van der Waals surface area contributed by atoms with E-state index in [0.717, 1.165) is 18.3 Å². The van der Waals surface area contributed by atoms with Crippen molar-refractivity contribution in [2.24, 2.45) is 17.8 Å². The summed E-state index contributed by atoms with van der Waals surface area (Å²) in [6, 6.07) is 0. The predicted octanol–water partition coefficient (Wildman–Crippen LogP) is 9.59. The van der Waals surface area contributed by atoms with E-state index in [0.29, 0.717) is 12.5 Å².